The van der Waals surface area contributed by atoms with Crippen molar-refractivity contribution in [2.24, 2.45) is 0 Å². The van der Waals surface area contributed by atoms with Gasteiger partial charge < -0.3 is 9.84 Å². The molecule has 1 aromatic rings. The summed E-state index contributed by atoms with van der Waals surface area (Å²) < 4.78 is 5.20. The Hall–Kier alpha value is -1.55. The number of hydrogen-bond acceptors (Lipinski definition) is 3. The lowest BCUT2D eigenvalue weighted by Gasteiger charge is -2.24. The molecule has 0 amide bonds. The first-order valence-corrected chi connectivity index (χ1v) is 6.25. The van der Waals surface area contributed by atoms with Crippen LogP contribution in [0, 0.1) is 6.92 Å². The molecule has 0 saturated carbocycles. The fourth-order valence-corrected chi connectivity index (χ4v) is 2.58. The predicted octanol–water partition coefficient (Wildman–Crippen LogP) is 2.23. The number of aliphatic carboxylic acids is 1. The van der Waals surface area contributed by atoms with Crippen molar-refractivity contribution >= 4 is 5.97 Å². The molecule has 1 fully saturated rings. The van der Waals surface area contributed by atoms with E-state index in [9.17, 15) is 9.90 Å². The summed E-state index contributed by atoms with van der Waals surface area (Å²) in [5.41, 5.74) is 1.81. The van der Waals surface area contributed by atoms with Gasteiger partial charge in [-0.1, -0.05) is 12.1 Å². The molecule has 0 bridgehead atoms. The van der Waals surface area contributed by atoms with Crippen LogP contribution in [-0.4, -0.2) is 36.2 Å². The van der Waals surface area contributed by atoms with Gasteiger partial charge in [-0.25, -0.2) is 0 Å². The summed E-state index contributed by atoms with van der Waals surface area (Å²) in [5.74, 6) is 0.0192. The first-order chi connectivity index (χ1) is 8.63. The van der Waals surface area contributed by atoms with Gasteiger partial charge in [-0.15, -0.1) is 0 Å². The molecule has 0 radical (unpaired) electrons. The van der Waals surface area contributed by atoms with Gasteiger partial charge in [-0.2, -0.15) is 0 Å². The Morgan fingerprint density at radius 3 is 2.56 bits per heavy atom. The number of aryl methyl sites for hydroxylation is 1. The van der Waals surface area contributed by atoms with Gasteiger partial charge in [0.1, 0.15) is 11.8 Å². The van der Waals surface area contributed by atoms with Gasteiger partial charge in [0.2, 0.25) is 0 Å². The van der Waals surface area contributed by atoms with Gasteiger partial charge in [0.05, 0.1) is 7.11 Å². The van der Waals surface area contributed by atoms with Crippen LogP contribution in [0.15, 0.2) is 18.2 Å². The molecule has 1 aliphatic rings. The third-order valence-electron chi connectivity index (χ3n) is 3.47. The summed E-state index contributed by atoms with van der Waals surface area (Å²) in [4.78, 5) is 13.5. The minimum absolute atomic E-state index is 0.530. The first-order valence-electron chi connectivity index (χ1n) is 6.25. The molecule has 2 rings (SSSR count). The molecular formula is C14H19NO3. The van der Waals surface area contributed by atoms with E-state index in [-0.39, 0.29) is 0 Å². The zero-order valence-corrected chi connectivity index (χ0v) is 10.8. The lowest BCUT2D eigenvalue weighted by Crippen LogP contribution is -2.31. The fourth-order valence-electron chi connectivity index (χ4n) is 2.58. The predicted molar refractivity (Wildman–Crippen MR) is 68.9 cm³/mol. The third kappa shape index (κ3) is 2.48. The largest absolute Gasteiger partial charge is 0.496 e. The highest BCUT2D eigenvalue weighted by molar-refractivity contribution is 5.75. The minimum atomic E-state index is -0.776. The second kappa shape index (κ2) is 5.40. The monoisotopic (exact) mass is 249 g/mol. The van der Waals surface area contributed by atoms with Crippen LogP contribution < -0.4 is 4.74 Å². The normalized spacial score (nSPS) is 17.7. The third-order valence-corrected chi connectivity index (χ3v) is 3.47. The Kier molecular flexibility index (Phi) is 3.87. The zero-order valence-electron chi connectivity index (χ0n) is 10.8. The molecule has 1 unspecified atom stereocenters. The summed E-state index contributed by atoms with van der Waals surface area (Å²) in [7, 11) is 1.62. The molecule has 18 heavy (non-hydrogen) atoms. The first kappa shape index (κ1) is 12.9. The van der Waals surface area contributed by atoms with Gasteiger partial charge in [0.25, 0.3) is 0 Å². The van der Waals surface area contributed by atoms with Crippen LogP contribution in [0.4, 0.5) is 0 Å². The van der Waals surface area contributed by atoms with E-state index in [1.807, 2.05) is 30.0 Å². The lowest BCUT2D eigenvalue weighted by atomic mass is 10.0. The Bertz CT molecular complexity index is 439. The summed E-state index contributed by atoms with van der Waals surface area (Å²) in [6.45, 7) is 3.66. The summed E-state index contributed by atoms with van der Waals surface area (Å²) >= 11 is 0. The number of methoxy groups -OCH3 is 1. The van der Waals surface area contributed by atoms with Crippen molar-refractivity contribution < 1.29 is 14.6 Å². The molecule has 4 nitrogen and oxygen atoms in total. The Balaban J connectivity index is 2.30. The van der Waals surface area contributed by atoms with Crippen LogP contribution in [0.5, 0.6) is 5.75 Å². The van der Waals surface area contributed by atoms with E-state index in [1.165, 1.54) is 0 Å². The van der Waals surface area contributed by atoms with Gasteiger partial charge in [-0.3, -0.25) is 9.69 Å². The van der Waals surface area contributed by atoms with Crippen molar-refractivity contribution in [3.8, 4) is 5.75 Å². The number of carboxylic acid groups (broad SMARTS) is 1. The van der Waals surface area contributed by atoms with E-state index >= 15 is 0 Å². The van der Waals surface area contributed by atoms with E-state index < -0.39 is 12.0 Å². The van der Waals surface area contributed by atoms with Crippen molar-refractivity contribution in [3.05, 3.63) is 29.3 Å². The number of ether oxygens (including phenoxy) is 1. The molecule has 4 heteroatoms. The van der Waals surface area contributed by atoms with Crippen molar-refractivity contribution in [2.75, 3.05) is 20.2 Å². The summed E-state index contributed by atoms with van der Waals surface area (Å²) in [5, 5.41) is 9.43. The van der Waals surface area contributed by atoms with Crippen LogP contribution in [-0.2, 0) is 4.79 Å². The van der Waals surface area contributed by atoms with E-state index in [0.717, 1.165) is 42.8 Å². The van der Waals surface area contributed by atoms with Crippen molar-refractivity contribution in [3.63, 3.8) is 0 Å². The van der Waals surface area contributed by atoms with Crippen LogP contribution in [0.2, 0.25) is 0 Å². The maximum atomic E-state index is 11.5. The lowest BCUT2D eigenvalue weighted by molar-refractivity contribution is -0.143. The number of likely N-dealkylation sites (tertiary alicyclic amines) is 1. The second-order valence-electron chi connectivity index (χ2n) is 4.71. The Labute approximate surface area is 107 Å². The highest BCUT2D eigenvalue weighted by atomic mass is 16.5. The van der Waals surface area contributed by atoms with Crippen molar-refractivity contribution in [1.29, 1.82) is 0 Å². The summed E-state index contributed by atoms with van der Waals surface area (Å²) in [6, 6.07) is 5.08. The van der Waals surface area contributed by atoms with Crippen molar-refractivity contribution in [1.82, 2.24) is 4.90 Å². The van der Waals surface area contributed by atoms with Gasteiger partial charge >= 0.3 is 5.97 Å². The number of hydrogen-bond donors (Lipinski definition) is 1. The number of benzene rings is 1. The van der Waals surface area contributed by atoms with Crippen LogP contribution in [0.1, 0.15) is 30.0 Å². The van der Waals surface area contributed by atoms with Crippen LogP contribution in [0.3, 0.4) is 0 Å². The van der Waals surface area contributed by atoms with Gasteiger partial charge in [0, 0.05) is 0 Å². The minimum Gasteiger partial charge on any atom is -0.496 e. The highest BCUT2D eigenvalue weighted by Crippen LogP contribution is 2.28. The number of nitrogens with zero attached hydrogens (tertiary/aromatic N) is 1. The Morgan fingerprint density at radius 2 is 2.06 bits per heavy atom. The van der Waals surface area contributed by atoms with Gasteiger partial charge in [-0.05, 0) is 50.0 Å². The average molecular weight is 249 g/mol. The molecule has 1 N–H and O–H groups in total. The molecule has 98 valence electrons. The molecule has 1 heterocycles. The Morgan fingerprint density at radius 1 is 1.39 bits per heavy atom. The quantitative estimate of drug-likeness (QED) is 0.889. The van der Waals surface area contributed by atoms with E-state index in [4.69, 9.17) is 4.74 Å². The van der Waals surface area contributed by atoms with Crippen LogP contribution >= 0.6 is 0 Å². The van der Waals surface area contributed by atoms with Crippen LogP contribution in [0.25, 0.3) is 0 Å². The molecule has 0 aromatic heterocycles. The van der Waals surface area contributed by atoms with E-state index in [0.29, 0.717) is 0 Å². The van der Waals surface area contributed by atoms with E-state index in [1.54, 1.807) is 7.11 Å². The molecule has 0 spiro atoms. The van der Waals surface area contributed by atoms with E-state index in [2.05, 4.69) is 0 Å². The summed E-state index contributed by atoms with van der Waals surface area (Å²) in [6.07, 6.45) is 2.16. The fraction of sp³-hybridized carbons (Fsp3) is 0.500. The topological polar surface area (TPSA) is 49.8 Å². The van der Waals surface area contributed by atoms with Gasteiger partial charge in [0.15, 0.2) is 0 Å². The maximum Gasteiger partial charge on any atom is 0.325 e. The average Bonchev–Trinajstić information content (AvgIpc) is 2.82. The second-order valence-corrected chi connectivity index (χ2v) is 4.71. The number of carbonyl (C=O) groups is 1. The highest BCUT2D eigenvalue weighted by Gasteiger charge is 2.29. The van der Waals surface area contributed by atoms with Crippen molar-refractivity contribution in [2.45, 2.75) is 25.8 Å². The molecule has 1 atom stereocenters. The molecule has 1 aliphatic heterocycles. The SMILES string of the molecule is COc1ccc(C(C(=O)O)N2CCCC2)cc1C. The zero-order chi connectivity index (χ0) is 13.1. The molecule has 1 aromatic carbocycles. The number of rotatable bonds is 4. The molecular weight excluding hydrogens is 230 g/mol. The molecule has 0 aliphatic carbocycles. The number of carboxylic acids is 1. The molecule has 1 saturated heterocycles. The standard InChI is InChI=1S/C14H19NO3/c1-10-9-11(5-6-12(10)18-2)13(14(16)17)15-7-3-4-8-15/h5-6,9,13H,3-4,7-8H2,1-2H3,(H,16,17). The smallest absolute Gasteiger partial charge is 0.325 e. The maximum absolute atomic E-state index is 11.5.